The highest BCUT2D eigenvalue weighted by Crippen LogP contribution is 2.48. The van der Waals surface area contributed by atoms with Gasteiger partial charge >= 0.3 is 0 Å². The van der Waals surface area contributed by atoms with Gasteiger partial charge in [-0.1, -0.05) is 0 Å². The maximum absolute atomic E-state index is 12.3. The Balaban J connectivity index is 1.70. The molecular weight excluding hydrogens is 248 g/mol. The first-order valence-electron chi connectivity index (χ1n) is 8.90. The third kappa shape index (κ3) is 1.71. The van der Waals surface area contributed by atoms with Gasteiger partial charge in [-0.05, 0) is 45.4 Å². The van der Waals surface area contributed by atoms with Gasteiger partial charge in [-0.25, -0.2) is 0 Å². The SMILES string of the molecule is CC[N@+]12CCC[C@@H]3CN4C(=O)CCC[C@H]4[C@@H](CCC1)[C@H]32. The Hall–Kier alpha value is -0.570. The van der Waals surface area contributed by atoms with Gasteiger partial charge in [-0.3, -0.25) is 4.79 Å². The van der Waals surface area contributed by atoms with Crippen molar-refractivity contribution in [1.82, 2.24) is 4.90 Å². The Labute approximate surface area is 122 Å². The number of carbonyl (C=O) groups is 1. The first-order chi connectivity index (χ1) is 9.75. The largest absolute Gasteiger partial charge is 0.339 e. The summed E-state index contributed by atoms with van der Waals surface area (Å²) in [7, 11) is 0. The van der Waals surface area contributed by atoms with E-state index in [2.05, 4.69) is 11.8 Å². The molecule has 4 aliphatic heterocycles. The third-order valence-electron chi connectivity index (χ3n) is 7.04. The quantitative estimate of drug-likeness (QED) is 0.674. The summed E-state index contributed by atoms with van der Waals surface area (Å²) < 4.78 is 1.40. The van der Waals surface area contributed by atoms with Crippen LogP contribution in [-0.4, -0.2) is 53.6 Å². The Morgan fingerprint density at radius 2 is 1.95 bits per heavy atom. The van der Waals surface area contributed by atoms with Crippen molar-refractivity contribution < 1.29 is 9.28 Å². The molecule has 112 valence electrons. The van der Waals surface area contributed by atoms with Crippen LogP contribution in [0.2, 0.25) is 0 Å². The minimum absolute atomic E-state index is 0.463. The lowest BCUT2D eigenvalue weighted by molar-refractivity contribution is -0.968. The molecule has 0 aromatic carbocycles. The average Bonchev–Trinajstić information content (AvgIpc) is 2.49. The number of piperidine rings is 4. The normalized spacial score (nSPS) is 47.6. The molecule has 0 aromatic heterocycles. The summed E-state index contributed by atoms with van der Waals surface area (Å²) in [5.41, 5.74) is 0. The molecule has 4 fully saturated rings. The summed E-state index contributed by atoms with van der Waals surface area (Å²) in [5, 5.41) is 0. The summed E-state index contributed by atoms with van der Waals surface area (Å²) in [5.74, 6) is 2.07. The van der Waals surface area contributed by atoms with E-state index < -0.39 is 0 Å². The average molecular weight is 277 g/mol. The summed E-state index contributed by atoms with van der Waals surface area (Å²) in [6.45, 7) is 7.63. The van der Waals surface area contributed by atoms with E-state index >= 15 is 0 Å². The topological polar surface area (TPSA) is 20.3 Å². The zero-order valence-corrected chi connectivity index (χ0v) is 12.9. The highest BCUT2D eigenvalue weighted by molar-refractivity contribution is 5.77. The fourth-order valence-corrected chi connectivity index (χ4v) is 6.29. The van der Waals surface area contributed by atoms with E-state index in [4.69, 9.17) is 0 Å². The molecule has 1 amide bonds. The molecule has 0 N–H and O–H groups in total. The van der Waals surface area contributed by atoms with Gasteiger partial charge in [0.15, 0.2) is 0 Å². The van der Waals surface area contributed by atoms with Crippen molar-refractivity contribution in [1.29, 1.82) is 0 Å². The van der Waals surface area contributed by atoms with Crippen LogP contribution in [0.25, 0.3) is 0 Å². The Morgan fingerprint density at radius 1 is 1.15 bits per heavy atom. The van der Waals surface area contributed by atoms with E-state index in [-0.39, 0.29) is 0 Å². The van der Waals surface area contributed by atoms with Gasteiger partial charge in [0.2, 0.25) is 5.91 Å². The lowest BCUT2D eigenvalue weighted by Gasteiger charge is -2.62. The smallest absolute Gasteiger partial charge is 0.222 e. The molecule has 0 unspecified atom stereocenters. The third-order valence-corrected chi connectivity index (χ3v) is 7.04. The predicted molar refractivity (Wildman–Crippen MR) is 79.1 cm³/mol. The Morgan fingerprint density at radius 3 is 2.75 bits per heavy atom. The molecule has 3 nitrogen and oxygen atoms in total. The van der Waals surface area contributed by atoms with E-state index in [0.29, 0.717) is 11.9 Å². The zero-order chi connectivity index (χ0) is 13.7. The molecule has 4 rings (SSSR count). The van der Waals surface area contributed by atoms with Gasteiger partial charge in [0.05, 0.1) is 25.7 Å². The van der Waals surface area contributed by atoms with Crippen molar-refractivity contribution >= 4 is 5.91 Å². The number of nitrogens with zero attached hydrogens (tertiary/aromatic N) is 2. The molecule has 0 saturated carbocycles. The molecule has 0 bridgehead atoms. The molecule has 20 heavy (non-hydrogen) atoms. The van der Waals surface area contributed by atoms with Gasteiger partial charge in [-0.2, -0.15) is 0 Å². The van der Waals surface area contributed by atoms with Gasteiger partial charge in [-0.15, -0.1) is 0 Å². The molecule has 5 atom stereocenters. The van der Waals surface area contributed by atoms with Crippen LogP contribution >= 0.6 is 0 Å². The van der Waals surface area contributed by atoms with Crippen LogP contribution in [0.3, 0.4) is 0 Å². The van der Waals surface area contributed by atoms with Crippen LogP contribution in [0.15, 0.2) is 0 Å². The van der Waals surface area contributed by atoms with Crippen LogP contribution in [-0.2, 0) is 4.79 Å². The minimum Gasteiger partial charge on any atom is -0.339 e. The minimum atomic E-state index is 0.463. The van der Waals surface area contributed by atoms with E-state index in [0.717, 1.165) is 37.3 Å². The summed E-state index contributed by atoms with van der Waals surface area (Å²) in [6, 6.07) is 1.48. The van der Waals surface area contributed by atoms with Crippen molar-refractivity contribution in [2.75, 3.05) is 26.2 Å². The van der Waals surface area contributed by atoms with Crippen LogP contribution in [0.5, 0.6) is 0 Å². The second-order valence-electron chi connectivity index (χ2n) is 7.69. The van der Waals surface area contributed by atoms with Crippen molar-refractivity contribution in [3.63, 3.8) is 0 Å². The number of amides is 1. The maximum atomic E-state index is 12.3. The zero-order valence-electron chi connectivity index (χ0n) is 12.9. The molecular formula is C17H29N2O+. The predicted octanol–water partition coefficient (Wildman–Crippen LogP) is 2.41. The molecule has 0 radical (unpaired) electrons. The molecule has 0 aromatic rings. The standard InChI is InChI=1S/C17H29N2O/c1-2-19-10-4-6-13-12-18-15(8-3-9-16(18)20)14(17(13)19)7-5-11-19/h13-15,17H,2-12H2,1H3/q+1/t13-,14-,15+,17+,19+/m1/s1. The lowest BCUT2D eigenvalue weighted by Crippen LogP contribution is -2.73. The van der Waals surface area contributed by atoms with Crippen LogP contribution in [0.1, 0.15) is 51.9 Å². The van der Waals surface area contributed by atoms with Crippen molar-refractivity contribution in [2.45, 2.75) is 64.0 Å². The van der Waals surface area contributed by atoms with Gasteiger partial charge < -0.3 is 9.38 Å². The fourth-order valence-electron chi connectivity index (χ4n) is 6.29. The molecule has 3 heteroatoms. The van der Waals surface area contributed by atoms with E-state index in [1.807, 2.05) is 0 Å². The second kappa shape index (κ2) is 4.72. The number of hydrogen-bond acceptors (Lipinski definition) is 1. The number of hydrogen-bond donors (Lipinski definition) is 0. The Kier molecular flexibility index (Phi) is 3.10. The highest BCUT2D eigenvalue weighted by Gasteiger charge is 2.57. The van der Waals surface area contributed by atoms with Crippen LogP contribution < -0.4 is 0 Å². The summed E-state index contributed by atoms with van der Waals surface area (Å²) in [4.78, 5) is 14.7. The van der Waals surface area contributed by atoms with Crippen LogP contribution in [0, 0.1) is 11.8 Å². The van der Waals surface area contributed by atoms with E-state index in [1.165, 1.54) is 56.2 Å². The number of carbonyl (C=O) groups excluding carboxylic acids is 1. The lowest BCUT2D eigenvalue weighted by atomic mass is 9.66. The van der Waals surface area contributed by atoms with E-state index in [9.17, 15) is 4.79 Å². The summed E-state index contributed by atoms with van der Waals surface area (Å²) in [6.07, 6.45) is 8.76. The fraction of sp³-hybridized carbons (Fsp3) is 0.941. The number of fused-ring (bicyclic) bond motifs is 2. The monoisotopic (exact) mass is 277 g/mol. The second-order valence-corrected chi connectivity index (χ2v) is 7.69. The van der Waals surface area contributed by atoms with Gasteiger partial charge in [0.1, 0.15) is 0 Å². The van der Waals surface area contributed by atoms with Gasteiger partial charge in [0, 0.05) is 30.8 Å². The first-order valence-corrected chi connectivity index (χ1v) is 8.90. The van der Waals surface area contributed by atoms with E-state index in [1.54, 1.807) is 0 Å². The van der Waals surface area contributed by atoms with Crippen LogP contribution in [0.4, 0.5) is 0 Å². The highest BCUT2D eigenvalue weighted by atomic mass is 16.2. The molecule has 4 saturated heterocycles. The summed E-state index contributed by atoms with van der Waals surface area (Å²) >= 11 is 0. The van der Waals surface area contributed by atoms with Gasteiger partial charge in [0.25, 0.3) is 0 Å². The molecule has 4 aliphatic rings. The number of rotatable bonds is 1. The molecule has 0 aliphatic carbocycles. The van der Waals surface area contributed by atoms with Crippen molar-refractivity contribution in [3.05, 3.63) is 0 Å². The van der Waals surface area contributed by atoms with Crippen molar-refractivity contribution in [2.24, 2.45) is 11.8 Å². The number of quaternary nitrogens is 1. The first kappa shape index (κ1) is 13.1. The molecule has 4 heterocycles. The Bertz CT molecular complexity index is 406. The molecule has 0 spiro atoms. The maximum Gasteiger partial charge on any atom is 0.222 e. The van der Waals surface area contributed by atoms with Crippen molar-refractivity contribution in [3.8, 4) is 0 Å².